The van der Waals surface area contributed by atoms with Crippen molar-refractivity contribution in [2.45, 2.75) is 13.1 Å². The molecule has 0 bridgehead atoms. The number of benzene rings is 1. The molecule has 1 atom stereocenters. The summed E-state index contributed by atoms with van der Waals surface area (Å²) in [4.78, 5) is 10.4. The smallest absolute Gasteiger partial charge is 0.346 e. The SMILES string of the molecule is Cc1ccc2oc(C(F)C(=O)O)cc2c1. The summed E-state index contributed by atoms with van der Waals surface area (Å²) in [6.07, 6.45) is -2.10. The maximum absolute atomic E-state index is 13.1. The molecule has 0 aliphatic carbocycles. The third-order valence-electron chi connectivity index (χ3n) is 2.16. The maximum Gasteiger partial charge on any atom is 0.346 e. The van der Waals surface area contributed by atoms with Gasteiger partial charge in [0.1, 0.15) is 5.58 Å². The third-order valence-corrected chi connectivity index (χ3v) is 2.16. The van der Waals surface area contributed by atoms with Crippen molar-refractivity contribution in [1.82, 2.24) is 0 Å². The lowest BCUT2D eigenvalue weighted by atomic mass is 10.2. The Morgan fingerprint density at radius 2 is 2.20 bits per heavy atom. The Kier molecular flexibility index (Phi) is 2.19. The lowest BCUT2D eigenvalue weighted by Gasteiger charge is -1.95. The summed E-state index contributed by atoms with van der Waals surface area (Å²) in [5, 5.41) is 9.20. The van der Waals surface area contributed by atoms with Crippen LogP contribution in [0.25, 0.3) is 11.0 Å². The van der Waals surface area contributed by atoms with Crippen molar-refractivity contribution in [2.24, 2.45) is 0 Å². The van der Waals surface area contributed by atoms with Crippen molar-refractivity contribution >= 4 is 16.9 Å². The maximum atomic E-state index is 13.1. The number of hydrogen-bond acceptors (Lipinski definition) is 2. The van der Waals surface area contributed by atoms with E-state index in [1.807, 2.05) is 19.1 Å². The van der Waals surface area contributed by atoms with Gasteiger partial charge in [-0.3, -0.25) is 0 Å². The molecule has 0 amide bonds. The average Bonchev–Trinajstić information content (AvgIpc) is 2.58. The van der Waals surface area contributed by atoms with Crippen molar-refractivity contribution in [3.05, 3.63) is 35.6 Å². The van der Waals surface area contributed by atoms with Gasteiger partial charge in [0.15, 0.2) is 5.76 Å². The number of carbonyl (C=O) groups is 1. The largest absolute Gasteiger partial charge is 0.479 e. The first-order valence-corrected chi connectivity index (χ1v) is 4.45. The molecule has 0 saturated carbocycles. The summed E-state index contributed by atoms with van der Waals surface area (Å²) in [7, 11) is 0. The van der Waals surface area contributed by atoms with Crippen molar-refractivity contribution in [3.63, 3.8) is 0 Å². The fraction of sp³-hybridized carbons (Fsp3) is 0.182. The Morgan fingerprint density at radius 3 is 2.87 bits per heavy atom. The third kappa shape index (κ3) is 1.70. The van der Waals surface area contributed by atoms with E-state index in [0.29, 0.717) is 11.0 Å². The lowest BCUT2D eigenvalue weighted by Crippen LogP contribution is -2.04. The van der Waals surface area contributed by atoms with E-state index in [1.54, 1.807) is 6.07 Å². The second-order valence-corrected chi connectivity index (χ2v) is 3.39. The average molecular weight is 208 g/mol. The predicted octanol–water partition coefficient (Wildman–Crippen LogP) is 2.84. The summed E-state index contributed by atoms with van der Waals surface area (Å²) in [6, 6.07) is 6.75. The lowest BCUT2D eigenvalue weighted by molar-refractivity contribution is -0.143. The molecule has 3 nitrogen and oxygen atoms in total. The highest BCUT2D eigenvalue weighted by atomic mass is 19.1. The predicted molar refractivity (Wildman–Crippen MR) is 52.4 cm³/mol. The number of halogens is 1. The molecule has 1 heterocycles. The number of hydrogen-bond donors (Lipinski definition) is 1. The summed E-state index contributed by atoms with van der Waals surface area (Å²) in [5.74, 6) is -1.70. The minimum absolute atomic E-state index is 0.164. The molecule has 1 aromatic heterocycles. The van der Waals surface area contributed by atoms with Gasteiger partial charge in [0.05, 0.1) is 0 Å². The van der Waals surface area contributed by atoms with Crippen LogP contribution in [-0.2, 0) is 4.79 Å². The highest BCUT2D eigenvalue weighted by Crippen LogP contribution is 2.26. The zero-order valence-corrected chi connectivity index (χ0v) is 8.03. The Hall–Kier alpha value is -1.84. The number of alkyl halides is 1. The Bertz CT molecular complexity index is 516. The van der Waals surface area contributed by atoms with Crippen LogP contribution in [0.3, 0.4) is 0 Å². The van der Waals surface area contributed by atoms with Crippen LogP contribution in [0, 0.1) is 6.92 Å². The van der Waals surface area contributed by atoms with Gasteiger partial charge in [-0.2, -0.15) is 0 Å². The van der Waals surface area contributed by atoms with Gasteiger partial charge in [0, 0.05) is 5.39 Å². The van der Waals surface area contributed by atoms with E-state index in [4.69, 9.17) is 9.52 Å². The second kappa shape index (κ2) is 3.38. The monoisotopic (exact) mass is 208 g/mol. The van der Waals surface area contributed by atoms with Gasteiger partial charge in [-0.15, -0.1) is 0 Å². The molecule has 1 unspecified atom stereocenters. The molecule has 0 spiro atoms. The van der Waals surface area contributed by atoms with E-state index >= 15 is 0 Å². The van der Waals surface area contributed by atoms with Crippen LogP contribution in [0.4, 0.5) is 4.39 Å². The number of carboxylic acid groups (broad SMARTS) is 1. The zero-order chi connectivity index (χ0) is 11.0. The molecule has 2 rings (SSSR count). The van der Waals surface area contributed by atoms with Gasteiger partial charge in [0.2, 0.25) is 0 Å². The fourth-order valence-electron chi connectivity index (χ4n) is 1.43. The van der Waals surface area contributed by atoms with E-state index in [0.717, 1.165) is 5.56 Å². The Morgan fingerprint density at radius 1 is 1.47 bits per heavy atom. The molecular formula is C11H9FO3. The van der Waals surface area contributed by atoms with Crippen molar-refractivity contribution in [2.75, 3.05) is 0 Å². The molecule has 0 saturated heterocycles. The minimum atomic E-state index is -2.10. The number of fused-ring (bicyclic) bond motifs is 1. The summed E-state index contributed by atoms with van der Waals surface area (Å²) in [6.45, 7) is 1.90. The Labute approximate surface area is 85.1 Å². The number of aryl methyl sites for hydroxylation is 1. The standard InChI is InChI=1S/C11H9FO3/c1-6-2-3-8-7(4-6)5-9(15-8)10(12)11(13)14/h2-5,10H,1H3,(H,13,14). The first kappa shape index (κ1) is 9.71. The number of furan rings is 1. The fourth-order valence-corrected chi connectivity index (χ4v) is 1.43. The highest BCUT2D eigenvalue weighted by molar-refractivity contribution is 5.81. The molecule has 4 heteroatoms. The normalized spacial score (nSPS) is 12.9. The molecule has 0 radical (unpaired) electrons. The molecule has 78 valence electrons. The second-order valence-electron chi connectivity index (χ2n) is 3.39. The van der Waals surface area contributed by atoms with Gasteiger partial charge >= 0.3 is 5.97 Å². The first-order valence-electron chi connectivity index (χ1n) is 4.45. The molecule has 1 aromatic carbocycles. The van der Waals surface area contributed by atoms with E-state index in [-0.39, 0.29) is 5.76 Å². The Balaban J connectivity index is 2.51. The zero-order valence-electron chi connectivity index (χ0n) is 8.03. The van der Waals surface area contributed by atoms with E-state index in [1.165, 1.54) is 6.07 Å². The molecule has 2 aromatic rings. The van der Waals surface area contributed by atoms with Gasteiger partial charge in [-0.1, -0.05) is 11.6 Å². The summed E-state index contributed by atoms with van der Waals surface area (Å²) in [5.41, 5.74) is 1.51. The van der Waals surface area contributed by atoms with E-state index < -0.39 is 12.1 Å². The highest BCUT2D eigenvalue weighted by Gasteiger charge is 2.22. The van der Waals surface area contributed by atoms with Crippen LogP contribution in [0.15, 0.2) is 28.7 Å². The first-order chi connectivity index (χ1) is 7.08. The van der Waals surface area contributed by atoms with Crippen molar-refractivity contribution < 1.29 is 18.7 Å². The number of aliphatic carboxylic acids is 1. The van der Waals surface area contributed by atoms with Crippen LogP contribution < -0.4 is 0 Å². The minimum Gasteiger partial charge on any atom is -0.479 e. The van der Waals surface area contributed by atoms with Crippen LogP contribution >= 0.6 is 0 Å². The summed E-state index contributed by atoms with van der Waals surface area (Å²) >= 11 is 0. The quantitative estimate of drug-likeness (QED) is 0.825. The molecule has 1 N–H and O–H groups in total. The molecule has 0 aliphatic heterocycles. The van der Waals surface area contributed by atoms with Crippen molar-refractivity contribution in [1.29, 1.82) is 0 Å². The van der Waals surface area contributed by atoms with Gasteiger partial charge in [0.25, 0.3) is 6.17 Å². The molecule has 15 heavy (non-hydrogen) atoms. The van der Waals surface area contributed by atoms with Crippen LogP contribution in [0.1, 0.15) is 17.5 Å². The van der Waals surface area contributed by atoms with Crippen LogP contribution in [0.2, 0.25) is 0 Å². The van der Waals surface area contributed by atoms with Gasteiger partial charge in [-0.05, 0) is 25.1 Å². The molecular weight excluding hydrogens is 199 g/mol. The van der Waals surface area contributed by atoms with Gasteiger partial charge in [-0.25, -0.2) is 9.18 Å². The van der Waals surface area contributed by atoms with Crippen LogP contribution in [-0.4, -0.2) is 11.1 Å². The topological polar surface area (TPSA) is 50.4 Å². The van der Waals surface area contributed by atoms with Gasteiger partial charge < -0.3 is 9.52 Å². The number of rotatable bonds is 2. The van der Waals surface area contributed by atoms with Crippen molar-refractivity contribution in [3.8, 4) is 0 Å². The summed E-state index contributed by atoms with van der Waals surface area (Å²) < 4.78 is 18.2. The van der Waals surface area contributed by atoms with Crippen LogP contribution in [0.5, 0.6) is 0 Å². The number of carboxylic acids is 1. The molecule has 0 fully saturated rings. The van der Waals surface area contributed by atoms with E-state index in [2.05, 4.69) is 0 Å². The van der Waals surface area contributed by atoms with E-state index in [9.17, 15) is 9.18 Å². The molecule has 0 aliphatic rings.